The van der Waals surface area contributed by atoms with Crippen molar-refractivity contribution in [1.29, 1.82) is 0 Å². The zero-order chi connectivity index (χ0) is 20.5. The molecular weight excluding hydrogens is 390 g/mol. The number of nitrogens with zero attached hydrogens (tertiary/aromatic N) is 2. The molecule has 148 valence electrons. The van der Waals surface area contributed by atoms with Gasteiger partial charge in [0.1, 0.15) is 11.4 Å². The van der Waals surface area contributed by atoms with E-state index in [9.17, 15) is 9.90 Å². The van der Waals surface area contributed by atoms with Crippen molar-refractivity contribution in [1.82, 2.24) is 9.97 Å². The van der Waals surface area contributed by atoms with Gasteiger partial charge in [0.25, 0.3) is 0 Å². The maximum atomic E-state index is 11.8. The van der Waals surface area contributed by atoms with Gasteiger partial charge < -0.3 is 10.4 Å². The van der Waals surface area contributed by atoms with Crippen molar-refractivity contribution < 1.29 is 9.90 Å². The molecule has 3 aromatic heterocycles. The summed E-state index contributed by atoms with van der Waals surface area (Å²) < 4.78 is 0. The molecule has 0 bridgehead atoms. The Labute approximate surface area is 173 Å². The molecule has 7 heteroatoms. The van der Waals surface area contributed by atoms with Gasteiger partial charge in [-0.25, -0.2) is 14.8 Å². The zero-order valence-electron chi connectivity index (χ0n) is 16.7. The Kier molecular flexibility index (Phi) is 5.86. The molecule has 0 unspecified atom stereocenters. The highest BCUT2D eigenvalue weighted by Crippen LogP contribution is 2.35. The minimum absolute atomic E-state index is 0.0766. The van der Waals surface area contributed by atoms with Crippen LogP contribution in [0.5, 0.6) is 0 Å². The number of aromatic carboxylic acids is 1. The van der Waals surface area contributed by atoms with Crippen molar-refractivity contribution in [2.45, 2.75) is 46.5 Å². The lowest BCUT2D eigenvalue weighted by atomic mass is 9.90. The van der Waals surface area contributed by atoms with Crippen LogP contribution in [-0.2, 0) is 11.8 Å². The van der Waals surface area contributed by atoms with E-state index >= 15 is 0 Å². The summed E-state index contributed by atoms with van der Waals surface area (Å²) in [5, 5.41) is 15.5. The number of aromatic nitrogens is 2. The highest BCUT2D eigenvalue weighted by molar-refractivity contribution is 7.15. The third kappa shape index (κ3) is 4.59. The number of carboxylic acid groups (broad SMARTS) is 1. The molecule has 3 aromatic rings. The molecule has 0 atom stereocenters. The first-order chi connectivity index (χ1) is 13.1. The molecule has 0 aromatic carbocycles. The first kappa shape index (κ1) is 20.5. The summed E-state index contributed by atoms with van der Waals surface area (Å²) in [5.41, 5.74) is 1.92. The molecule has 3 rings (SSSR count). The Bertz CT molecular complexity index is 970. The summed E-state index contributed by atoms with van der Waals surface area (Å²) in [7, 11) is 0. The van der Waals surface area contributed by atoms with Crippen molar-refractivity contribution >= 4 is 39.6 Å². The van der Waals surface area contributed by atoms with Crippen LogP contribution in [0.2, 0.25) is 0 Å². The third-order valence-corrected chi connectivity index (χ3v) is 6.06. The van der Waals surface area contributed by atoms with Crippen LogP contribution in [0, 0.1) is 5.92 Å². The van der Waals surface area contributed by atoms with Crippen molar-refractivity contribution in [2.75, 3.05) is 5.32 Å². The summed E-state index contributed by atoms with van der Waals surface area (Å²) in [6.07, 6.45) is 2.65. The highest BCUT2D eigenvalue weighted by atomic mass is 32.1. The Morgan fingerprint density at radius 3 is 2.64 bits per heavy atom. The standard InChI is InChI=1S/C21H25N3O2S2/c1-12(2)9-16-17(21(3,4)5)23-20(28-16)24-18-14(19(25)26)10-13(11-22-18)15-7-6-8-27-15/h6-8,10-12H,9H2,1-5H3,(H,25,26)(H,22,23,24). The summed E-state index contributed by atoms with van der Waals surface area (Å²) in [4.78, 5) is 23.2. The van der Waals surface area contributed by atoms with Gasteiger partial charge in [-0.1, -0.05) is 40.7 Å². The van der Waals surface area contributed by atoms with Crippen LogP contribution < -0.4 is 5.32 Å². The summed E-state index contributed by atoms with van der Waals surface area (Å²) >= 11 is 3.14. The van der Waals surface area contributed by atoms with Gasteiger partial charge in [-0.15, -0.1) is 22.7 Å². The van der Waals surface area contributed by atoms with Gasteiger partial charge in [-0.05, 0) is 29.9 Å². The highest BCUT2D eigenvalue weighted by Gasteiger charge is 2.24. The predicted molar refractivity (Wildman–Crippen MR) is 117 cm³/mol. The average molecular weight is 416 g/mol. The molecule has 0 aliphatic carbocycles. The molecule has 0 saturated heterocycles. The second-order valence-corrected chi connectivity index (χ2v) is 10.2. The maximum absolute atomic E-state index is 11.8. The molecule has 0 spiro atoms. The van der Waals surface area contributed by atoms with Gasteiger partial charge in [0.15, 0.2) is 5.13 Å². The number of nitrogens with one attached hydrogen (secondary N) is 1. The van der Waals surface area contributed by atoms with Crippen LogP contribution in [0.25, 0.3) is 10.4 Å². The van der Waals surface area contributed by atoms with Gasteiger partial charge in [0.05, 0.1) is 5.69 Å². The predicted octanol–water partition coefficient (Wildman–Crippen LogP) is 6.20. The largest absolute Gasteiger partial charge is 0.478 e. The molecule has 0 radical (unpaired) electrons. The average Bonchev–Trinajstić information content (AvgIpc) is 3.24. The Morgan fingerprint density at radius 2 is 2.07 bits per heavy atom. The topological polar surface area (TPSA) is 75.1 Å². The van der Waals surface area contributed by atoms with E-state index in [1.807, 2.05) is 17.5 Å². The molecule has 28 heavy (non-hydrogen) atoms. The van der Waals surface area contributed by atoms with E-state index in [1.165, 1.54) is 4.88 Å². The SMILES string of the molecule is CC(C)Cc1sc(Nc2ncc(-c3cccs3)cc2C(=O)O)nc1C(C)(C)C. The number of rotatable bonds is 6. The first-order valence-corrected chi connectivity index (χ1v) is 10.9. The number of thiophene rings is 1. The first-order valence-electron chi connectivity index (χ1n) is 9.19. The number of hydrogen-bond donors (Lipinski definition) is 2. The molecule has 0 saturated carbocycles. The quantitative estimate of drug-likeness (QED) is 0.501. The molecule has 0 amide bonds. The smallest absolute Gasteiger partial charge is 0.339 e. The third-order valence-electron chi connectivity index (χ3n) is 4.15. The van der Waals surface area contributed by atoms with Gasteiger partial charge in [0.2, 0.25) is 0 Å². The van der Waals surface area contributed by atoms with E-state index in [4.69, 9.17) is 4.98 Å². The second kappa shape index (κ2) is 8.01. The maximum Gasteiger partial charge on any atom is 0.339 e. The molecule has 0 fully saturated rings. The number of anilines is 2. The number of pyridine rings is 1. The van der Waals surface area contributed by atoms with E-state index in [2.05, 4.69) is 44.9 Å². The Balaban J connectivity index is 1.97. The van der Waals surface area contributed by atoms with Crippen molar-refractivity contribution in [3.05, 3.63) is 45.9 Å². The van der Waals surface area contributed by atoms with Crippen molar-refractivity contribution in [3.8, 4) is 10.4 Å². The van der Waals surface area contributed by atoms with Crippen LogP contribution in [0.15, 0.2) is 29.8 Å². The second-order valence-electron chi connectivity index (χ2n) is 8.17. The molecule has 5 nitrogen and oxygen atoms in total. The number of carbonyl (C=O) groups is 1. The van der Waals surface area contributed by atoms with Crippen LogP contribution in [0.4, 0.5) is 10.9 Å². The Morgan fingerprint density at radius 1 is 1.32 bits per heavy atom. The fourth-order valence-corrected chi connectivity index (χ4v) is 5.00. The lowest BCUT2D eigenvalue weighted by molar-refractivity contribution is 0.0697. The van der Waals surface area contributed by atoms with Crippen LogP contribution in [0.3, 0.4) is 0 Å². The number of hydrogen-bond acceptors (Lipinski definition) is 6. The van der Waals surface area contributed by atoms with Crippen molar-refractivity contribution in [2.24, 2.45) is 5.92 Å². The lowest BCUT2D eigenvalue weighted by Crippen LogP contribution is -2.15. The van der Waals surface area contributed by atoms with Crippen LogP contribution >= 0.6 is 22.7 Å². The minimum Gasteiger partial charge on any atom is -0.478 e. The van der Waals surface area contributed by atoms with E-state index in [-0.39, 0.29) is 11.0 Å². The minimum atomic E-state index is -1.01. The summed E-state index contributed by atoms with van der Waals surface area (Å²) in [5.74, 6) is -0.172. The molecule has 3 heterocycles. The molecule has 0 aliphatic rings. The van der Waals surface area contributed by atoms with Gasteiger partial charge in [0, 0.05) is 26.9 Å². The van der Waals surface area contributed by atoms with E-state index in [1.54, 1.807) is 34.9 Å². The fraction of sp³-hybridized carbons (Fsp3) is 0.381. The summed E-state index contributed by atoms with van der Waals surface area (Å²) in [6.45, 7) is 10.8. The lowest BCUT2D eigenvalue weighted by Gasteiger charge is -2.18. The van der Waals surface area contributed by atoms with Crippen LogP contribution in [0.1, 0.15) is 55.5 Å². The zero-order valence-corrected chi connectivity index (χ0v) is 18.4. The molecule has 2 N–H and O–H groups in total. The number of thiazole rings is 1. The van der Waals surface area contributed by atoms with E-state index < -0.39 is 5.97 Å². The Hall–Kier alpha value is -2.25. The van der Waals surface area contributed by atoms with Gasteiger partial charge >= 0.3 is 5.97 Å². The van der Waals surface area contributed by atoms with Crippen LogP contribution in [-0.4, -0.2) is 21.0 Å². The van der Waals surface area contributed by atoms with Crippen molar-refractivity contribution in [3.63, 3.8) is 0 Å². The monoisotopic (exact) mass is 415 g/mol. The fourth-order valence-electron chi connectivity index (χ4n) is 2.91. The number of carboxylic acids is 1. The van der Waals surface area contributed by atoms with Gasteiger partial charge in [-0.2, -0.15) is 0 Å². The normalized spacial score (nSPS) is 11.8. The van der Waals surface area contributed by atoms with Gasteiger partial charge in [-0.3, -0.25) is 0 Å². The van der Waals surface area contributed by atoms with E-state index in [0.717, 1.165) is 22.6 Å². The molecule has 0 aliphatic heterocycles. The van der Waals surface area contributed by atoms with E-state index in [0.29, 0.717) is 16.9 Å². The summed E-state index contributed by atoms with van der Waals surface area (Å²) in [6, 6.07) is 5.55. The molecular formula is C21H25N3O2S2.